The summed E-state index contributed by atoms with van der Waals surface area (Å²) in [6, 6.07) is -0.549. The van der Waals surface area contributed by atoms with Crippen LogP contribution in [0.4, 0.5) is 0 Å². The summed E-state index contributed by atoms with van der Waals surface area (Å²) >= 11 is 1.53. The quantitative estimate of drug-likeness (QED) is 0.577. The van der Waals surface area contributed by atoms with E-state index < -0.39 is 30.0 Å². The van der Waals surface area contributed by atoms with Crippen molar-refractivity contribution in [2.75, 3.05) is 0 Å². The van der Waals surface area contributed by atoms with Crippen LogP contribution in [0.25, 0.3) is 0 Å². The van der Waals surface area contributed by atoms with Crippen LogP contribution in [0.1, 0.15) is 13.8 Å². The Morgan fingerprint density at radius 3 is 2.33 bits per heavy atom. The predicted octanol–water partition coefficient (Wildman–Crippen LogP) is 0.708. The first-order valence-electron chi connectivity index (χ1n) is 5.98. The molecule has 2 aliphatic rings. The summed E-state index contributed by atoms with van der Waals surface area (Å²) in [4.78, 5) is 25.6. The van der Waals surface area contributed by atoms with Crippen LogP contribution in [0.3, 0.4) is 0 Å². The minimum atomic E-state index is -2.17. The Labute approximate surface area is 112 Å². The topological polar surface area (TPSA) is 83.6 Å². The summed E-state index contributed by atoms with van der Waals surface area (Å²) in [5.74, 6) is -1.11. The largest absolute Gasteiger partial charge is 0.480 e. The van der Waals surface area contributed by atoms with Crippen molar-refractivity contribution in [1.82, 2.24) is 4.90 Å². The van der Waals surface area contributed by atoms with Crippen LogP contribution in [0.15, 0.2) is 0 Å². The zero-order valence-electron chi connectivity index (χ0n) is 11.4. The maximum atomic E-state index is 12.0. The van der Waals surface area contributed by atoms with Crippen LogP contribution in [-0.2, 0) is 9.59 Å². The molecular weight excluding hydrogens is 268 g/mol. The van der Waals surface area contributed by atoms with Crippen LogP contribution in [0, 0.1) is 0 Å². The first-order valence-corrected chi connectivity index (χ1v) is 10.4. The fourth-order valence-electron chi connectivity index (χ4n) is 3.59. The van der Waals surface area contributed by atoms with Gasteiger partial charge >= 0.3 is 5.97 Å². The van der Waals surface area contributed by atoms with Crippen LogP contribution >= 0.6 is 11.8 Å². The van der Waals surface area contributed by atoms with Crippen molar-refractivity contribution in [1.29, 1.82) is 0 Å². The Bertz CT molecular complexity index is 434. The van der Waals surface area contributed by atoms with Gasteiger partial charge in [-0.3, -0.25) is 4.79 Å². The van der Waals surface area contributed by atoms with Gasteiger partial charge < -0.3 is 15.7 Å². The molecule has 0 aromatic rings. The highest BCUT2D eigenvalue weighted by Gasteiger charge is 2.75. The fraction of sp³-hybridized carbons (Fsp3) is 0.818. The second-order valence-corrected chi connectivity index (χ2v) is 13.5. The monoisotopic (exact) mass is 288 g/mol. The number of hydrogen-bond donors (Lipinski definition) is 2. The third-order valence-corrected chi connectivity index (χ3v) is 9.19. The molecule has 2 heterocycles. The smallest absolute Gasteiger partial charge is 0.327 e. The van der Waals surface area contributed by atoms with Gasteiger partial charge in [0.05, 0.1) is 8.07 Å². The molecule has 3 atom stereocenters. The number of carboxylic acid groups (broad SMARTS) is 1. The molecule has 2 fully saturated rings. The molecule has 18 heavy (non-hydrogen) atoms. The molecule has 102 valence electrons. The summed E-state index contributed by atoms with van der Waals surface area (Å²) in [7, 11) is -2.17. The highest BCUT2D eigenvalue weighted by Crippen LogP contribution is 2.59. The number of rotatable bonds is 2. The Kier molecular flexibility index (Phi) is 2.71. The minimum absolute atomic E-state index is 0.185. The van der Waals surface area contributed by atoms with E-state index in [1.165, 1.54) is 11.8 Å². The van der Waals surface area contributed by atoms with E-state index >= 15 is 0 Å². The Balaban J connectivity index is 2.64. The van der Waals surface area contributed by atoms with Crippen LogP contribution in [0.5, 0.6) is 0 Å². The Morgan fingerprint density at radius 2 is 1.94 bits per heavy atom. The Morgan fingerprint density at radius 1 is 1.44 bits per heavy atom. The molecule has 0 radical (unpaired) electrons. The van der Waals surface area contributed by atoms with Crippen LogP contribution < -0.4 is 5.73 Å². The number of carbonyl (C=O) groups is 2. The van der Waals surface area contributed by atoms with Gasteiger partial charge in [0.15, 0.2) is 0 Å². The number of nitrogens with zero attached hydrogens (tertiary/aromatic N) is 1. The normalized spacial score (nSPS) is 38.3. The average molecular weight is 288 g/mol. The van der Waals surface area contributed by atoms with E-state index in [9.17, 15) is 14.7 Å². The molecule has 0 aliphatic carbocycles. The van der Waals surface area contributed by atoms with Crippen molar-refractivity contribution in [3.8, 4) is 0 Å². The number of amides is 1. The SMILES string of the molecule is CC1(C)S[C@@H]2[C@H](N)C(=O)N2[C@]1(C(=O)O)[Si](C)(C)C. The first-order chi connectivity index (χ1) is 7.98. The van der Waals surface area contributed by atoms with E-state index in [2.05, 4.69) is 0 Å². The molecule has 0 bridgehead atoms. The number of thioether (sulfide) groups is 1. The third-order valence-electron chi connectivity index (χ3n) is 4.13. The lowest BCUT2D eigenvalue weighted by Gasteiger charge is -2.54. The van der Waals surface area contributed by atoms with Crippen molar-refractivity contribution in [3.05, 3.63) is 0 Å². The molecule has 0 spiro atoms. The molecule has 7 heteroatoms. The van der Waals surface area contributed by atoms with Gasteiger partial charge in [0, 0.05) is 4.75 Å². The Hall–Kier alpha value is -0.533. The van der Waals surface area contributed by atoms with Gasteiger partial charge in [-0.25, -0.2) is 4.79 Å². The maximum absolute atomic E-state index is 12.0. The zero-order chi connectivity index (χ0) is 14.1. The van der Waals surface area contributed by atoms with Gasteiger partial charge in [-0.05, 0) is 13.8 Å². The van der Waals surface area contributed by atoms with Gasteiger partial charge in [-0.15, -0.1) is 11.8 Å². The van der Waals surface area contributed by atoms with Gasteiger partial charge in [-0.2, -0.15) is 0 Å². The van der Waals surface area contributed by atoms with E-state index in [1.54, 1.807) is 4.90 Å². The molecule has 0 saturated carbocycles. The molecule has 5 nitrogen and oxygen atoms in total. The van der Waals surface area contributed by atoms with Crippen molar-refractivity contribution >= 4 is 31.7 Å². The third kappa shape index (κ3) is 1.27. The van der Waals surface area contributed by atoms with E-state index in [4.69, 9.17) is 5.73 Å². The molecule has 0 aromatic heterocycles. The molecule has 2 rings (SSSR count). The molecule has 0 aromatic carbocycles. The second kappa shape index (κ2) is 3.52. The molecule has 2 saturated heterocycles. The minimum Gasteiger partial charge on any atom is -0.480 e. The standard InChI is InChI=1S/C11H20N2O3SSi/c1-10(2)11(9(15)16,18(3,4)5)13-7(14)6(12)8(13)17-10/h6,8H,12H2,1-5H3,(H,15,16)/t6-,8-,11-/m1/s1. The number of β-lactam (4-membered cyclic amide) rings is 1. The summed E-state index contributed by atoms with van der Waals surface area (Å²) in [6.45, 7) is 9.85. The molecule has 0 unspecified atom stereocenters. The van der Waals surface area contributed by atoms with Gasteiger partial charge in [-0.1, -0.05) is 19.6 Å². The molecule has 2 aliphatic heterocycles. The van der Waals surface area contributed by atoms with Crippen LogP contribution in [-0.4, -0.2) is 51.3 Å². The van der Waals surface area contributed by atoms with Crippen molar-refractivity contribution in [2.45, 2.75) is 54.8 Å². The highest BCUT2D eigenvalue weighted by atomic mass is 32.2. The number of hydrogen-bond acceptors (Lipinski definition) is 4. The molecular formula is C11H20N2O3SSi. The van der Waals surface area contributed by atoms with Gasteiger partial charge in [0.25, 0.3) is 0 Å². The van der Waals surface area contributed by atoms with E-state index in [0.29, 0.717) is 0 Å². The number of nitrogens with two attached hydrogens (primary N) is 1. The second-order valence-electron chi connectivity index (χ2n) is 6.52. The number of aliphatic carboxylic acids is 1. The highest BCUT2D eigenvalue weighted by molar-refractivity contribution is 8.02. The van der Waals surface area contributed by atoms with E-state index in [-0.39, 0.29) is 11.3 Å². The summed E-state index contributed by atoms with van der Waals surface area (Å²) < 4.78 is -0.516. The summed E-state index contributed by atoms with van der Waals surface area (Å²) in [6.07, 6.45) is 0. The zero-order valence-corrected chi connectivity index (χ0v) is 13.2. The molecule has 3 N–H and O–H groups in total. The molecule has 1 amide bonds. The lowest BCUT2D eigenvalue weighted by atomic mass is 9.95. The first kappa shape index (κ1) is 13.9. The average Bonchev–Trinajstić information content (AvgIpc) is 2.42. The maximum Gasteiger partial charge on any atom is 0.327 e. The number of fused-ring (bicyclic) bond motifs is 1. The summed E-state index contributed by atoms with van der Waals surface area (Å²) in [5.41, 5.74) is 5.80. The fourth-order valence-corrected chi connectivity index (χ4v) is 9.79. The number of carbonyl (C=O) groups excluding carboxylic acids is 1. The predicted molar refractivity (Wildman–Crippen MR) is 74.0 cm³/mol. The van der Waals surface area contributed by atoms with Gasteiger partial charge in [0.2, 0.25) is 5.91 Å². The van der Waals surface area contributed by atoms with E-state index in [1.807, 2.05) is 33.5 Å². The van der Waals surface area contributed by atoms with Crippen LogP contribution in [0.2, 0.25) is 19.6 Å². The van der Waals surface area contributed by atoms with Crippen molar-refractivity contribution < 1.29 is 14.7 Å². The number of carboxylic acids is 1. The van der Waals surface area contributed by atoms with Gasteiger partial charge in [0.1, 0.15) is 16.6 Å². The lowest BCUT2D eigenvalue weighted by Crippen LogP contribution is -2.81. The summed E-state index contributed by atoms with van der Waals surface area (Å²) in [5, 5.41) is 8.58. The van der Waals surface area contributed by atoms with Crippen molar-refractivity contribution in [3.63, 3.8) is 0 Å². The lowest BCUT2D eigenvalue weighted by molar-refractivity contribution is -0.163. The van der Waals surface area contributed by atoms with Crippen molar-refractivity contribution in [2.24, 2.45) is 5.73 Å². The van der Waals surface area contributed by atoms with E-state index in [0.717, 1.165) is 0 Å².